The predicted octanol–water partition coefficient (Wildman–Crippen LogP) is 0.983. The summed E-state index contributed by atoms with van der Waals surface area (Å²) in [5, 5.41) is 11.5. The van der Waals surface area contributed by atoms with Gasteiger partial charge in [0.25, 0.3) is 5.91 Å². The van der Waals surface area contributed by atoms with Crippen molar-refractivity contribution in [1.29, 1.82) is 0 Å². The molecule has 0 aromatic heterocycles. The summed E-state index contributed by atoms with van der Waals surface area (Å²) in [6, 6.07) is 5.84. The molecule has 0 unspecified atom stereocenters. The molecular weight excluding hydrogens is 272 g/mol. The fourth-order valence-electron chi connectivity index (χ4n) is 2.52. The molecule has 6 nitrogen and oxygen atoms in total. The van der Waals surface area contributed by atoms with E-state index in [1.165, 1.54) is 24.3 Å². The maximum Gasteiger partial charge on any atom is 0.335 e. The van der Waals surface area contributed by atoms with Gasteiger partial charge in [0.05, 0.1) is 11.5 Å². The van der Waals surface area contributed by atoms with Crippen LogP contribution in [0.3, 0.4) is 0 Å². The van der Waals surface area contributed by atoms with Crippen LogP contribution >= 0.6 is 0 Å². The minimum Gasteiger partial charge on any atom is -0.478 e. The van der Waals surface area contributed by atoms with Crippen LogP contribution in [0.15, 0.2) is 24.3 Å². The van der Waals surface area contributed by atoms with Gasteiger partial charge in [-0.1, -0.05) is 0 Å². The Hall–Kier alpha value is -2.37. The summed E-state index contributed by atoms with van der Waals surface area (Å²) in [4.78, 5) is 36.5. The maximum atomic E-state index is 12.4. The number of hydrogen-bond acceptors (Lipinski definition) is 3. The number of aromatic carboxylic acids is 1. The van der Waals surface area contributed by atoms with Gasteiger partial charge in [-0.3, -0.25) is 9.59 Å². The summed E-state index contributed by atoms with van der Waals surface area (Å²) >= 11 is 0. The molecule has 1 atom stereocenters. The van der Waals surface area contributed by atoms with Crippen molar-refractivity contribution in [2.75, 3.05) is 20.1 Å². The lowest BCUT2D eigenvalue weighted by Gasteiger charge is -2.31. The van der Waals surface area contributed by atoms with Gasteiger partial charge >= 0.3 is 5.97 Å². The van der Waals surface area contributed by atoms with E-state index in [9.17, 15) is 14.4 Å². The van der Waals surface area contributed by atoms with Crippen LogP contribution in [0.4, 0.5) is 0 Å². The Balaban J connectivity index is 2.08. The Labute approximate surface area is 122 Å². The largest absolute Gasteiger partial charge is 0.478 e. The smallest absolute Gasteiger partial charge is 0.335 e. The van der Waals surface area contributed by atoms with Gasteiger partial charge in [-0.2, -0.15) is 0 Å². The molecule has 2 N–H and O–H groups in total. The number of nitrogens with one attached hydrogen (secondary N) is 1. The molecular formula is C15H18N2O4. The zero-order valence-corrected chi connectivity index (χ0v) is 11.8. The summed E-state index contributed by atoms with van der Waals surface area (Å²) in [7, 11) is 1.59. The lowest BCUT2D eigenvalue weighted by atomic mass is 9.96. The van der Waals surface area contributed by atoms with Crippen LogP contribution in [0.5, 0.6) is 0 Å². The molecule has 0 radical (unpaired) electrons. The van der Waals surface area contributed by atoms with Crippen molar-refractivity contribution in [3.63, 3.8) is 0 Å². The number of hydrogen-bond donors (Lipinski definition) is 2. The van der Waals surface area contributed by atoms with E-state index in [0.717, 1.165) is 12.8 Å². The third-order valence-electron chi connectivity index (χ3n) is 3.70. The van der Waals surface area contributed by atoms with E-state index in [-0.39, 0.29) is 23.3 Å². The summed E-state index contributed by atoms with van der Waals surface area (Å²) in [6.45, 7) is 1.02. The molecule has 2 amide bonds. The molecule has 0 bridgehead atoms. The molecule has 1 aromatic rings. The predicted molar refractivity (Wildman–Crippen MR) is 76.1 cm³/mol. The van der Waals surface area contributed by atoms with Gasteiger partial charge in [0.2, 0.25) is 5.91 Å². The number of carbonyl (C=O) groups is 3. The average Bonchev–Trinajstić information content (AvgIpc) is 2.53. The highest BCUT2D eigenvalue weighted by Crippen LogP contribution is 2.19. The highest BCUT2D eigenvalue weighted by Gasteiger charge is 2.28. The van der Waals surface area contributed by atoms with E-state index in [2.05, 4.69) is 5.32 Å². The SMILES string of the molecule is CNC(=O)[C@H]1CCCN(C(=O)c2ccc(C(=O)O)cc2)C1. The van der Waals surface area contributed by atoms with Crippen LogP contribution in [0.2, 0.25) is 0 Å². The zero-order valence-electron chi connectivity index (χ0n) is 11.8. The third-order valence-corrected chi connectivity index (χ3v) is 3.70. The Morgan fingerprint density at radius 1 is 1.19 bits per heavy atom. The van der Waals surface area contributed by atoms with Gasteiger partial charge in [0.15, 0.2) is 0 Å². The Morgan fingerprint density at radius 3 is 2.38 bits per heavy atom. The van der Waals surface area contributed by atoms with E-state index in [4.69, 9.17) is 5.11 Å². The first-order valence-electron chi connectivity index (χ1n) is 6.87. The minimum absolute atomic E-state index is 0.0475. The lowest BCUT2D eigenvalue weighted by Crippen LogP contribution is -2.44. The number of likely N-dealkylation sites (tertiary alicyclic amines) is 1. The topological polar surface area (TPSA) is 86.7 Å². The molecule has 21 heavy (non-hydrogen) atoms. The Kier molecular flexibility index (Phi) is 4.57. The molecule has 0 spiro atoms. The molecule has 1 aliphatic heterocycles. The van der Waals surface area contributed by atoms with E-state index in [1.807, 2.05) is 0 Å². The fraction of sp³-hybridized carbons (Fsp3) is 0.400. The summed E-state index contributed by atoms with van der Waals surface area (Å²) < 4.78 is 0. The van der Waals surface area contributed by atoms with Crippen molar-refractivity contribution in [1.82, 2.24) is 10.2 Å². The normalized spacial score (nSPS) is 18.1. The van der Waals surface area contributed by atoms with Crippen LogP contribution in [-0.4, -0.2) is 47.9 Å². The number of amides is 2. The van der Waals surface area contributed by atoms with Crippen LogP contribution in [-0.2, 0) is 4.79 Å². The second-order valence-electron chi connectivity index (χ2n) is 5.09. The van der Waals surface area contributed by atoms with Gasteiger partial charge in [-0.15, -0.1) is 0 Å². The van der Waals surface area contributed by atoms with Crippen molar-refractivity contribution in [3.8, 4) is 0 Å². The summed E-state index contributed by atoms with van der Waals surface area (Å²) in [5.74, 6) is -1.41. The zero-order chi connectivity index (χ0) is 15.4. The number of piperidine rings is 1. The molecule has 2 rings (SSSR count). The van der Waals surface area contributed by atoms with Gasteiger partial charge in [0, 0.05) is 25.7 Å². The quantitative estimate of drug-likeness (QED) is 0.869. The van der Waals surface area contributed by atoms with E-state index < -0.39 is 5.97 Å². The van der Waals surface area contributed by atoms with Gasteiger partial charge < -0.3 is 15.3 Å². The third kappa shape index (κ3) is 3.39. The summed E-state index contributed by atoms with van der Waals surface area (Å²) in [6.07, 6.45) is 1.57. The van der Waals surface area contributed by atoms with Gasteiger partial charge in [0.1, 0.15) is 0 Å². The number of rotatable bonds is 3. The van der Waals surface area contributed by atoms with Crippen LogP contribution < -0.4 is 5.32 Å². The molecule has 1 aliphatic rings. The van der Waals surface area contributed by atoms with E-state index in [0.29, 0.717) is 18.7 Å². The lowest BCUT2D eigenvalue weighted by molar-refractivity contribution is -0.125. The Morgan fingerprint density at radius 2 is 1.81 bits per heavy atom. The highest BCUT2D eigenvalue weighted by atomic mass is 16.4. The molecule has 0 saturated carbocycles. The first-order chi connectivity index (χ1) is 10.0. The van der Waals surface area contributed by atoms with E-state index >= 15 is 0 Å². The number of nitrogens with zero attached hydrogens (tertiary/aromatic N) is 1. The standard InChI is InChI=1S/C15H18N2O4/c1-16-13(18)12-3-2-8-17(9-12)14(19)10-4-6-11(7-5-10)15(20)21/h4-7,12H,2-3,8-9H2,1H3,(H,16,18)(H,20,21)/t12-/m0/s1. The van der Waals surface area contributed by atoms with Crippen LogP contribution in [0.1, 0.15) is 33.6 Å². The molecule has 1 saturated heterocycles. The van der Waals surface area contributed by atoms with Crippen LogP contribution in [0, 0.1) is 5.92 Å². The minimum atomic E-state index is -1.02. The van der Waals surface area contributed by atoms with Crippen molar-refractivity contribution < 1.29 is 19.5 Å². The van der Waals surface area contributed by atoms with Gasteiger partial charge in [-0.05, 0) is 37.1 Å². The van der Waals surface area contributed by atoms with Crippen LogP contribution in [0.25, 0.3) is 0 Å². The number of carboxylic acid groups (broad SMARTS) is 1. The monoisotopic (exact) mass is 290 g/mol. The molecule has 112 valence electrons. The molecule has 0 aliphatic carbocycles. The summed E-state index contributed by atoms with van der Waals surface area (Å²) in [5.41, 5.74) is 0.589. The number of benzene rings is 1. The first-order valence-corrected chi connectivity index (χ1v) is 6.87. The first kappa shape index (κ1) is 15.0. The molecule has 1 heterocycles. The molecule has 6 heteroatoms. The average molecular weight is 290 g/mol. The maximum absolute atomic E-state index is 12.4. The van der Waals surface area contributed by atoms with Gasteiger partial charge in [-0.25, -0.2) is 4.79 Å². The second kappa shape index (κ2) is 6.39. The van der Waals surface area contributed by atoms with Crippen molar-refractivity contribution >= 4 is 17.8 Å². The molecule has 1 aromatic carbocycles. The number of carboxylic acids is 1. The molecule has 1 fully saturated rings. The fourth-order valence-corrected chi connectivity index (χ4v) is 2.52. The highest BCUT2D eigenvalue weighted by molar-refractivity contribution is 5.96. The van der Waals surface area contributed by atoms with Crippen molar-refractivity contribution in [2.24, 2.45) is 5.92 Å². The second-order valence-corrected chi connectivity index (χ2v) is 5.09. The van der Waals surface area contributed by atoms with E-state index in [1.54, 1.807) is 11.9 Å². The number of carbonyl (C=O) groups excluding carboxylic acids is 2. The van der Waals surface area contributed by atoms with Crippen molar-refractivity contribution in [2.45, 2.75) is 12.8 Å². The van der Waals surface area contributed by atoms with Crippen molar-refractivity contribution in [3.05, 3.63) is 35.4 Å². The Bertz CT molecular complexity index is 553.